The first-order valence-electron chi connectivity index (χ1n) is 7.47. The second-order valence-corrected chi connectivity index (χ2v) is 4.91. The van der Waals surface area contributed by atoms with Gasteiger partial charge in [0.15, 0.2) is 5.69 Å². The van der Waals surface area contributed by atoms with E-state index >= 15 is 0 Å². The number of esters is 1. The lowest BCUT2D eigenvalue weighted by Crippen LogP contribution is -2.18. The predicted octanol–water partition coefficient (Wildman–Crippen LogP) is 2.13. The number of nitrogens with zero attached hydrogens (tertiary/aromatic N) is 3. The number of carbonyl (C=O) groups is 1. The fourth-order valence-electron chi connectivity index (χ4n) is 2.20. The van der Waals surface area contributed by atoms with E-state index < -0.39 is 5.97 Å². The van der Waals surface area contributed by atoms with Crippen LogP contribution in [0, 0.1) is 5.92 Å². The van der Waals surface area contributed by atoms with Crippen molar-refractivity contribution in [1.29, 1.82) is 0 Å². The van der Waals surface area contributed by atoms with E-state index in [1.54, 1.807) is 11.6 Å². The molecule has 20 heavy (non-hydrogen) atoms. The monoisotopic (exact) mass is 282 g/mol. The molecule has 1 atom stereocenters. The maximum atomic E-state index is 11.8. The summed E-state index contributed by atoms with van der Waals surface area (Å²) in [5.41, 5.74) is 6.65. The Kier molecular flexibility index (Phi) is 7.22. The van der Waals surface area contributed by atoms with Crippen molar-refractivity contribution in [3.8, 4) is 0 Å². The van der Waals surface area contributed by atoms with Crippen molar-refractivity contribution in [3.63, 3.8) is 0 Å². The largest absolute Gasteiger partial charge is 0.461 e. The Morgan fingerprint density at radius 1 is 1.40 bits per heavy atom. The molecule has 0 saturated carbocycles. The molecule has 0 fully saturated rings. The molecule has 114 valence electrons. The zero-order valence-electron chi connectivity index (χ0n) is 12.8. The summed E-state index contributed by atoms with van der Waals surface area (Å²) in [7, 11) is 0. The van der Waals surface area contributed by atoms with Gasteiger partial charge in [-0.15, -0.1) is 5.10 Å². The minimum atomic E-state index is -0.444. The van der Waals surface area contributed by atoms with Crippen LogP contribution in [0.25, 0.3) is 0 Å². The van der Waals surface area contributed by atoms with Gasteiger partial charge >= 0.3 is 5.97 Å². The van der Waals surface area contributed by atoms with Crippen LogP contribution in [0.5, 0.6) is 0 Å². The number of hydrogen-bond acceptors (Lipinski definition) is 5. The first kappa shape index (κ1) is 16.6. The lowest BCUT2D eigenvalue weighted by Gasteiger charge is -2.15. The highest BCUT2D eigenvalue weighted by Crippen LogP contribution is 2.17. The molecule has 2 N–H and O–H groups in total. The normalized spacial score (nSPS) is 12.4. The fraction of sp³-hybridized carbons (Fsp3) is 0.786. The number of rotatable bonds is 9. The number of hydrogen-bond donors (Lipinski definition) is 1. The zero-order chi connectivity index (χ0) is 15.0. The third-order valence-corrected chi connectivity index (χ3v) is 3.47. The molecule has 0 aliphatic carbocycles. The molecule has 0 spiro atoms. The highest BCUT2D eigenvalue weighted by molar-refractivity contribution is 5.88. The van der Waals surface area contributed by atoms with Gasteiger partial charge in [0.2, 0.25) is 0 Å². The topological polar surface area (TPSA) is 83.0 Å². The van der Waals surface area contributed by atoms with Crippen LogP contribution in [0.3, 0.4) is 0 Å². The van der Waals surface area contributed by atoms with Gasteiger partial charge in [-0.2, -0.15) is 0 Å². The second kappa shape index (κ2) is 8.68. The Labute approximate surface area is 120 Å². The van der Waals surface area contributed by atoms with Crippen molar-refractivity contribution in [3.05, 3.63) is 11.4 Å². The molecule has 6 nitrogen and oxygen atoms in total. The van der Waals surface area contributed by atoms with E-state index in [1.165, 1.54) is 12.8 Å². The molecule has 6 heteroatoms. The van der Waals surface area contributed by atoms with Crippen LogP contribution in [0.2, 0.25) is 0 Å². The molecule has 0 aromatic carbocycles. The third-order valence-electron chi connectivity index (χ3n) is 3.47. The average Bonchev–Trinajstić information content (AvgIpc) is 2.86. The van der Waals surface area contributed by atoms with E-state index in [9.17, 15) is 4.79 Å². The van der Waals surface area contributed by atoms with Gasteiger partial charge in [0.05, 0.1) is 12.3 Å². The molecule has 0 aliphatic rings. The predicted molar refractivity (Wildman–Crippen MR) is 77.2 cm³/mol. The Balaban J connectivity index is 2.82. The maximum absolute atomic E-state index is 11.8. The average molecular weight is 282 g/mol. The van der Waals surface area contributed by atoms with Crippen LogP contribution < -0.4 is 5.73 Å². The van der Waals surface area contributed by atoms with Gasteiger partial charge in [0.25, 0.3) is 0 Å². The first-order chi connectivity index (χ1) is 9.67. The summed E-state index contributed by atoms with van der Waals surface area (Å²) in [5, 5.41) is 8.00. The minimum absolute atomic E-state index is 0.241. The van der Waals surface area contributed by atoms with Gasteiger partial charge in [-0.3, -0.25) is 0 Å². The number of unbranched alkanes of at least 4 members (excludes halogenated alkanes) is 1. The SMILES string of the molecule is CCCCC(CC)Cn1nnc(C(=O)OCC)c1CN. The zero-order valence-corrected chi connectivity index (χ0v) is 12.8. The van der Waals surface area contributed by atoms with Crippen molar-refractivity contribution in [2.45, 2.75) is 59.5 Å². The Hall–Kier alpha value is -1.43. The molecule has 0 aliphatic heterocycles. The summed E-state index contributed by atoms with van der Waals surface area (Å²) in [6.45, 7) is 7.45. The number of nitrogens with two attached hydrogens (primary N) is 1. The Morgan fingerprint density at radius 2 is 2.15 bits per heavy atom. The molecule has 1 aromatic heterocycles. The van der Waals surface area contributed by atoms with E-state index in [0.29, 0.717) is 18.2 Å². The summed E-state index contributed by atoms with van der Waals surface area (Å²) < 4.78 is 6.73. The van der Waals surface area contributed by atoms with Crippen molar-refractivity contribution in [2.75, 3.05) is 6.61 Å². The molecule has 1 heterocycles. The first-order valence-corrected chi connectivity index (χ1v) is 7.47. The van der Waals surface area contributed by atoms with E-state index in [4.69, 9.17) is 10.5 Å². The second-order valence-electron chi connectivity index (χ2n) is 4.91. The molecule has 0 bridgehead atoms. The maximum Gasteiger partial charge on any atom is 0.360 e. The van der Waals surface area contributed by atoms with Crippen LogP contribution in [-0.4, -0.2) is 27.6 Å². The van der Waals surface area contributed by atoms with Gasteiger partial charge in [-0.1, -0.05) is 38.3 Å². The number of ether oxygens (including phenoxy) is 1. The quantitative estimate of drug-likeness (QED) is 0.701. The van der Waals surface area contributed by atoms with Gasteiger partial charge in [-0.05, 0) is 19.3 Å². The van der Waals surface area contributed by atoms with Crippen molar-refractivity contribution in [2.24, 2.45) is 11.7 Å². The molecule has 1 unspecified atom stereocenters. The van der Waals surface area contributed by atoms with E-state index in [0.717, 1.165) is 19.4 Å². The smallest absolute Gasteiger partial charge is 0.360 e. The van der Waals surface area contributed by atoms with Gasteiger partial charge in [-0.25, -0.2) is 9.48 Å². The van der Waals surface area contributed by atoms with Crippen LogP contribution in [0.15, 0.2) is 0 Å². The van der Waals surface area contributed by atoms with E-state index in [1.807, 2.05) is 0 Å². The van der Waals surface area contributed by atoms with Crippen molar-refractivity contribution in [1.82, 2.24) is 15.0 Å². The molecular formula is C14H26N4O2. The van der Waals surface area contributed by atoms with Crippen LogP contribution in [-0.2, 0) is 17.8 Å². The number of carbonyl (C=O) groups excluding carboxylic acids is 1. The minimum Gasteiger partial charge on any atom is -0.461 e. The molecule has 0 radical (unpaired) electrons. The third kappa shape index (κ3) is 4.30. The lowest BCUT2D eigenvalue weighted by atomic mass is 9.99. The highest BCUT2D eigenvalue weighted by Gasteiger charge is 2.21. The van der Waals surface area contributed by atoms with Gasteiger partial charge < -0.3 is 10.5 Å². The molecule has 0 saturated heterocycles. The molecule has 1 aromatic rings. The summed E-state index contributed by atoms with van der Waals surface area (Å²) in [4.78, 5) is 11.8. The summed E-state index contributed by atoms with van der Waals surface area (Å²) in [6, 6.07) is 0. The highest BCUT2D eigenvalue weighted by atomic mass is 16.5. The van der Waals surface area contributed by atoms with Crippen LogP contribution in [0.4, 0.5) is 0 Å². The van der Waals surface area contributed by atoms with E-state index in [2.05, 4.69) is 24.2 Å². The fourth-order valence-corrected chi connectivity index (χ4v) is 2.20. The lowest BCUT2D eigenvalue weighted by molar-refractivity contribution is 0.0518. The van der Waals surface area contributed by atoms with Crippen molar-refractivity contribution < 1.29 is 9.53 Å². The molecule has 0 amide bonds. The standard InChI is InChI=1S/C14H26N4O2/c1-4-7-8-11(5-2)10-18-12(9-15)13(16-17-18)14(19)20-6-3/h11H,4-10,15H2,1-3H3. The van der Waals surface area contributed by atoms with Gasteiger partial charge in [0, 0.05) is 13.1 Å². The summed E-state index contributed by atoms with van der Waals surface area (Å²) >= 11 is 0. The summed E-state index contributed by atoms with van der Waals surface area (Å²) in [6.07, 6.45) is 4.63. The Bertz CT molecular complexity index is 417. The molecule has 1 rings (SSSR count). The van der Waals surface area contributed by atoms with Crippen LogP contribution in [0.1, 0.15) is 62.6 Å². The Morgan fingerprint density at radius 3 is 2.70 bits per heavy atom. The van der Waals surface area contributed by atoms with Crippen LogP contribution >= 0.6 is 0 Å². The summed E-state index contributed by atoms with van der Waals surface area (Å²) in [5.74, 6) is 0.0952. The number of aromatic nitrogens is 3. The van der Waals surface area contributed by atoms with Crippen molar-refractivity contribution >= 4 is 5.97 Å². The van der Waals surface area contributed by atoms with E-state index in [-0.39, 0.29) is 12.2 Å². The van der Waals surface area contributed by atoms with Gasteiger partial charge in [0.1, 0.15) is 0 Å². The molecular weight excluding hydrogens is 256 g/mol.